The van der Waals surface area contributed by atoms with E-state index in [0.717, 1.165) is 19.4 Å². The summed E-state index contributed by atoms with van der Waals surface area (Å²) < 4.78 is 0. The van der Waals surface area contributed by atoms with Gasteiger partial charge in [-0.05, 0) is 31.2 Å². The van der Waals surface area contributed by atoms with Gasteiger partial charge in [-0.3, -0.25) is 4.79 Å². The SMILES string of the molecule is Cc1ccc(CCC(=O)N2CCC(C)C2CN)cc1. The largest absolute Gasteiger partial charge is 0.338 e. The van der Waals surface area contributed by atoms with Crippen molar-refractivity contribution in [3.8, 4) is 0 Å². The third kappa shape index (κ3) is 3.35. The van der Waals surface area contributed by atoms with E-state index in [1.165, 1.54) is 11.1 Å². The fraction of sp³-hybridized carbons (Fsp3) is 0.562. The van der Waals surface area contributed by atoms with Crippen molar-refractivity contribution in [3.63, 3.8) is 0 Å². The van der Waals surface area contributed by atoms with E-state index in [2.05, 4.69) is 38.1 Å². The Bertz CT molecular complexity index is 427. The molecule has 1 heterocycles. The predicted octanol–water partition coefficient (Wildman–Crippen LogP) is 2.12. The van der Waals surface area contributed by atoms with Crippen LogP contribution < -0.4 is 5.73 Å². The van der Waals surface area contributed by atoms with Gasteiger partial charge in [0.1, 0.15) is 0 Å². The van der Waals surface area contributed by atoms with Gasteiger partial charge in [-0.15, -0.1) is 0 Å². The third-order valence-electron chi connectivity index (χ3n) is 4.19. The number of amides is 1. The van der Waals surface area contributed by atoms with Crippen LogP contribution in [0.3, 0.4) is 0 Å². The lowest BCUT2D eigenvalue weighted by Crippen LogP contribution is -2.42. The Morgan fingerprint density at radius 3 is 2.68 bits per heavy atom. The summed E-state index contributed by atoms with van der Waals surface area (Å²) >= 11 is 0. The van der Waals surface area contributed by atoms with Crippen molar-refractivity contribution < 1.29 is 4.79 Å². The van der Waals surface area contributed by atoms with Crippen molar-refractivity contribution in [3.05, 3.63) is 35.4 Å². The number of nitrogens with zero attached hydrogens (tertiary/aromatic N) is 1. The van der Waals surface area contributed by atoms with Crippen LogP contribution in [0.4, 0.5) is 0 Å². The number of carbonyl (C=O) groups excluding carboxylic acids is 1. The molecule has 3 heteroatoms. The molecule has 3 nitrogen and oxygen atoms in total. The summed E-state index contributed by atoms with van der Waals surface area (Å²) in [5.74, 6) is 0.786. The maximum absolute atomic E-state index is 12.3. The summed E-state index contributed by atoms with van der Waals surface area (Å²) in [6.45, 7) is 5.71. The maximum atomic E-state index is 12.3. The van der Waals surface area contributed by atoms with Crippen molar-refractivity contribution >= 4 is 5.91 Å². The fourth-order valence-corrected chi connectivity index (χ4v) is 2.83. The summed E-state index contributed by atoms with van der Waals surface area (Å²) in [7, 11) is 0. The Labute approximate surface area is 115 Å². The van der Waals surface area contributed by atoms with Gasteiger partial charge in [-0.2, -0.15) is 0 Å². The fourth-order valence-electron chi connectivity index (χ4n) is 2.83. The monoisotopic (exact) mass is 260 g/mol. The van der Waals surface area contributed by atoms with Crippen LogP contribution in [0.25, 0.3) is 0 Å². The Morgan fingerprint density at radius 1 is 1.37 bits per heavy atom. The zero-order valence-electron chi connectivity index (χ0n) is 11.9. The molecular formula is C16H24N2O. The van der Waals surface area contributed by atoms with Gasteiger partial charge in [-0.1, -0.05) is 36.8 Å². The minimum atomic E-state index is 0.241. The second kappa shape index (κ2) is 6.20. The summed E-state index contributed by atoms with van der Waals surface area (Å²) in [5, 5.41) is 0. The highest BCUT2D eigenvalue weighted by molar-refractivity contribution is 5.77. The van der Waals surface area contributed by atoms with Crippen LogP contribution in [-0.4, -0.2) is 29.9 Å². The van der Waals surface area contributed by atoms with Crippen LogP contribution in [0.15, 0.2) is 24.3 Å². The Balaban J connectivity index is 1.89. The minimum Gasteiger partial charge on any atom is -0.338 e. The molecule has 104 valence electrons. The van der Waals surface area contributed by atoms with Crippen LogP contribution in [-0.2, 0) is 11.2 Å². The quantitative estimate of drug-likeness (QED) is 0.901. The van der Waals surface area contributed by atoms with Gasteiger partial charge in [0.05, 0.1) is 0 Å². The van der Waals surface area contributed by atoms with Gasteiger partial charge in [0.15, 0.2) is 0 Å². The first kappa shape index (κ1) is 14.1. The van der Waals surface area contributed by atoms with Crippen LogP contribution >= 0.6 is 0 Å². The number of nitrogens with two attached hydrogens (primary N) is 1. The molecule has 2 unspecified atom stereocenters. The van der Waals surface area contributed by atoms with E-state index in [4.69, 9.17) is 5.73 Å². The highest BCUT2D eigenvalue weighted by Crippen LogP contribution is 2.24. The van der Waals surface area contributed by atoms with Crippen LogP contribution in [0.5, 0.6) is 0 Å². The topological polar surface area (TPSA) is 46.3 Å². The first-order valence-electron chi connectivity index (χ1n) is 7.17. The summed E-state index contributed by atoms with van der Waals surface area (Å²) in [4.78, 5) is 14.3. The molecule has 2 atom stereocenters. The highest BCUT2D eigenvalue weighted by atomic mass is 16.2. The molecule has 1 aromatic carbocycles. The number of hydrogen-bond acceptors (Lipinski definition) is 2. The van der Waals surface area contributed by atoms with Gasteiger partial charge in [0.25, 0.3) is 0 Å². The molecule has 19 heavy (non-hydrogen) atoms. The second-order valence-electron chi connectivity index (χ2n) is 5.64. The van der Waals surface area contributed by atoms with Crippen LogP contribution in [0.1, 0.15) is 30.9 Å². The standard InChI is InChI=1S/C16H24N2O/c1-12-3-5-14(6-4-12)7-8-16(19)18-10-9-13(2)15(18)11-17/h3-6,13,15H,7-11,17H2,1-2H3. The summed E-state index contributed by atoms with van der Waals surface area (Å²) in [6, 6.07) is 8.65. The maximum Gasteiger partial charge on any atom is 0.223 e. The zero-order valence-corrected chi connectivity index (χ0v) is 11.9. The van der Waals surface area contributed by atoms with Crippen LogP contribution in [0, 0.1) is 12.8 Å². The van der Waals surface area contributed by atoms with E-state index in [1.54, 1.807) is 0 Å². The molecule has 0 aliphatic carbocycles. The molecule has 0 spiro atoms. The molecule has 1 aliphatic heterocycles. The number of hydrogen-bond donors (Lipinski definition) is 1. The van der Waals surface area contributed by atoms with Crippen molar-refractivity contribution in [2.75, 3.05) is 13.1 Å². The molecule has 0 saturated carbocycles. The third-order valence-corrected chi connectivity index (χ3v) is 4.19. The number of aryl methyl sites for hydroxylation is 2. The molecule has 1 amide bonds. The molecular weight excluding hydrogens is 236 g/mol. The van der Waals surface area contributed by atoms with E-state index in [0.29, 0.717) is 18.9 Å². The van der Waals surface area contributed by atoms with Crippen LogP contribution in [0.2, 0.25) is 0 Å². The molecule has 1 saturated heterocycles. The Kier molecular flexibility index (Phi) is 4.59. The van der Waals surface area contributed by atoms with Gasteiger partial charge in [0, 0.05) is 25.6 Å². The van der Waals surface area contributed by atoms with Crippen molar-refractivity contribution in [2.45, 2.75) is 39.2 Å². The molecule has 1 aliphatic rings. The number of rotatable bonds is 4. The molecule has 0 radical (unpaired) electrons. The molecule has 0 aromatic heterocycles. The van der Waals surface area contributed by atoms with E-state index in [1.807, 2.05) is 4.90 Å². The van der Waals surface area contributed by atoms with Gasteiger partial charge >= 0.3 is 0 Å². The molecule has 1 aromatic rings. The first-order chi connectivity index (χ1) is 9.11. The Hall–Kier alpha value is -1.35. The molecule has 2 rings (SSSR count). The average Bonchev–Trinajstić information content (AvgIpc) is 2.79. The zero-order chi connectivity index (χ0) is 13.8. The van der Waals surface area contributed by atoms with Crippen molar-refractivity contribution in [1.29, 1.82) is 0 Å². The van der Waals surface area contributed by atoms with Gasteiger partial charge in [-0.25, -0.2) is 0 Å². The lowest BCUT2D eigenvalue weighted by atomic mass is 10.0. The number of likely N-dealkylation sites (tertiary alicyclic amines) is 1. The summed E-state index contributed by atoms with van der Waals surface area (Å²) in [5.41, 5.74) is 8.27. The first-order valence-corrected chi connectivity index (χ1v) is 7.17. The number of benzene rings is 1. The van der Waals surface area contributed by atoms with Gasteiger partial charge < -0.3 is 10.6 Å². The predicted molar refractivity (Wildman–Crippen MR) is 77.8 cm³/mol. The highest BCUT2D eigenvalue weighted by Gasteiger charge is 2.32. The molecule has 0 bridgehead atoms. The van der Waals surface area contributed by atoms with E-state index >= 15 is 0 Å². The van der Waals surface area contributed by atoms with E-state index < -0.39 is 0 Å². The smallest absolute Gasteiger partial charge is 0.223 e. The second-order valence-corrected chi connectivity index (χ2v) is 5.64. The van der Waals surface area contributed by atoms with Crippen molar-refractivity contribution in [2.24, 2.45) is 11.7 Å². The normalized spacial score (nSPS) is 22.8. The average molecular weight is 260 g/mol. The number of carbonyl (C=O) groups is 1. The van der Waals surface area contributed by atoms with Gasteiger partial charge in [0.2, 0.25) is 5.91 Å². The van der Waals surface area contributed by atoms with Crippen molar-refractivity contribution in [1.82, 2.24) is 4.90 Å². The minimum absolute atomic E-state index is 0.241. The summed E-state index contributed by atoms with van der Waals surface area (Å²) in [6.07, 6.45) is 2.49. The lowest BCUT2D eigenvalue weighted by molar-refractivity contribution is -0.132. The molecule has 1 fully saturated rings. The Morgan fingerprint density at radius 2 is 2.05 bits per heavy atom. The molecule has 2 N–H and O–H groups in total. The van der Waals surface area contributed by atoms with E-state index in [9.17, 15) is 4.79 Å². The lowest BCUT2D eigenvalue weighted by Gasteiger charge is -2.25. The van der Waals surface area contributed by atoms with E-state index in [-0.39, 0.29) is 11.9 Å².